The Morgan fingerprint density at radius 2 is 1.29 bits per heavy atom. The largest absolute Gasteiger partial charge is 0.373 e. The molecule has 0 spiro atoms. The van der Waals surface area contributed by atoms with Crippen LogP contribution in [0.4, 0.5) is 13.2 Å². The lowest BCUT2D eigenvalue weighted by atomic mass is 9.90. The van der Waals surface area contributed by atoms with Crippen LogP contribution in [0.2, 0.25) is 0 Å². The Balaban J connectivity index is 1.33. The average molecular weight is 579 g/mol. The van der Waals surface area contributed by atoms with Crippen molar-refractivity contribution in [2.75, 3.05) is 6.61 Å². The lowest BCUT2D eigenvalue weighted by Gasteiger charge is -2.29. The normalized spacial score (nSPS) is 17.1. The zero-order valence-electron chi connectivity index (χ0n) is 25.7. The lowest BCUT2D eigenvalue weighted by molar-refractivity contribution is -0.0215. The van der Waals surface area contributed by atoms with Gasteiger partial charge in [-0.05, 0) is 66.3 Å². The fourth-order valence-corrected chi connectivity index (χ4v) is 6.23. The van der Waals surface area contributed by atoms with Crippen molar-refractivity contribution in [1.82, 2.24) is 0 Å². The average Bonchev–Trinajstić information content (AvgIpc) is 3.01. The summed E-state index contributed by atoms with van der Waals surface area (Å²) in [5.41, 5.74) is 3.51. The van der Waals surface area contributed by atoms with E-state index in [1.165, 1.54) is 57.8 Å². The molecule has 3 aromatic carbocycles. The third kappa shape index (κ3) is 8.96. The van der Waals surface area contributed by atoms with E-state index in [0.717, 1.165) is 43.2 Å². The molecule has 228 valence electrons. The fourth-order valence-electron chi connectivity index (χ4n) is 6.23. The molecule has 1 fully saturated rings. The SMILES string of the molecule is CCCCCCCCc1ccc(-c2ccc(-c3ccc(C4CCC(CCCCCCC)CO4)c(F)c3)cc2)c(F)c1F. The zero-order valence-corrected chi connectivity index (χ0v) is 25.7. The molecule has 1 heterocycles. The highest BCUT2D eigenvalue weighted by atomic mass is 19.2. The number of rotatable bonds is 16. The molecule has 0 amide bonds. The minimum absolute atomic E-state index is 0.195. The Morgan fingerprint density at radius 3 is 1.95 bits per heavy atom. The first-order valence-electron chi connectivity index (χ1n) is 16.5. The van der Waals surface area contributed by atoms with Crippen molar-refractivity contribution in [3.05, 3.63) is 83.2 Å². The molecule has 0 radical (unpaired) electrons. The standard InChI is InChI=1S/C38H49F3O/c1-3-5-7-9-11-13-15-31-21-23-33(38(41)37(31)40)30-19-17-29(18-20-30)32-22-24-34(35(39)26-32)36-25-16-28(27-42-36)14-12-10-8-6-4-2/h17-24,26,28,36H,3-16,25,27H2,1-2H3. The van der Waals surface area contributed by atoms with Crippen molar-refractivity contribution in [2.24, 2.45) is 5.92 Å². The highest BCUT2D eigenvalue weighted by Gasteiger charge is 2.25. The van der Waals surface area contributed by atoms with E-state index < -0.39 is 11.6 Å². The second kappa shape index (κ2) is 16.9. The Hall–Kier alpha value is -2.59. The van der Waals surface area contributed by atoms with E-state index in [0.29, 0.717) is 35.6 Å². The predicted molar refractivity (Wildman–Crippen MR) is 169 cm³/mol. The van der Waals surface area contributed by atoms with E-state index in [1.807, 2.05) is 24.3 Å². The van der Waals surface area contributed by atoms with Gasteiger partial charge in [0, 0.05) is 11.1 Å². The molecular formula is C38H49F3O. The minimum Gasteiger partial charge on any atom is -0.373 e. The van der Waals surface area contributed by atoms with Crippen molar-refractivity contribution < 1.29 is 17.9 Å². The molecule has 0 aliphatic carbocycles. The number of aryl methyl sites for hydroxylation is 1. The highest BCUT2D eigenvalue weighted by molar-refractivity contribution is 5.71. The van der Waals surface area contributed by atoms with Crippen LogP contribution in [0.15, 0.2) is 54.6 Å². The molecule has 3 aromatic rings. The van der Waals surface area contributed by atoms with Crippen LogP contribution in [0.3, 0.4) is 0 Å². The van der Waals surface area contributed by atoms with Crippen molar-refractivity contribution in [3.63, 3.8) is 0 Å². The summed E-state index contributed by atoms with van der Waals surface area (Å²) in [4.78, 5) is 0. The maximum atomic E-state index is 15.2. The summed E-state index contributed by atoms with van der Waals surface area (Å²) in [6, 6.07) is 15.9. The van der Waals surface area contributed by atoms with E-state index in [2.05, 4.69) is 13.8 Å². The predicted octanol–water partition coefficient (Wildman–Crippen LogP) is 12.2. The fraction of sp³-hybridized carbons (Fsp3) is 0.526. The zero-order chi connectivity index (χ0) is 29.7. The van der Waals surface area contributed by atoms with Gasteiger partial charge in [-0.3, -0.25) is 0 Å². The summed E-state index contributed by atoms with van der Waals surface area (Å²) in [6.45, 7) is 5.12. The van der Waals surface area contributed by atoms with Gasteiger partial charge in [-0.15, -0.1) is 0 Å². The monoisotopic (exact) mass is 578 g/mol. The van der Waals surface area contributed by atoms with Crippen molar-refractivity contribution >= 4 is 0 Å². The molecule has 42 heavy (non-hydrogen) atoms. The Bertz CT molecular complexity index is 1230. The molecule has 4 heteroatoms. The van der Waals surface area contributed by atoms with Gasteiger partial charge >= 0.3 is 0 Å². The van der Waals surface area contributed by atoms with Crippen LogP contribution >= 0.6 is 0 Å². The molecule has 1 aliphatic heterocycles. The summed E-state index contributed by atoms with van der Waals surface area (Å²) in [6.07, 6.45) is 16.6. The van der Waals surface area contributed by atoms with E-state index >= 15 is 8.78 Å². The summed E-state index contributed by atoms with van der Waals surface area (Å²) < 4.78 is 51.2. The third-order valence-corrected chi connectivity index (χ3v) is 8.92. The van der Waals surface area contributed by atoms with E-state index in [9.17, 15) is 4.39 Å². The van der Waals surface area contributed by atoms with Gasteiger partial charge in [-0.25, -0.2) is 13.2 Å². The van der Waals surface area contributed by atoms with Crippen LogP contribution in [-0.4, -0.2) is 6.61 Å². The summed E-state index contributed by atoms with van der Waals surface area (Å²) in [5, 5.41) is 0. The smallest absolute Gasteiger partial charge is 0.166 e. The first kappa shape index (κ1) is 32.3. The maximum absolute atomic E-state index is 15.2. The van der Waals surface area contributed by atoms with Crippen molar-refractivity contribution in [1.29, 1.82) is 0 Å². The number of hydrogen-bond donors (Lipinski definition) is 0. The number of unbranched alkanes of at least 4 members (excludes halogenated alkanes) is 9. The number of halogens is 3. The minimum atomic E-state index is -0.798. The molecule has 0 bridgehead atoms. The second-order valence-corrected chi connectivity index (χ2v) is 12.2. The van der Waals surface area contributed by atoms with Crippen LogP contribution in [0.25, 0.3) is 22.3 Å². The Morgan fingerprint density at radius 1 is 0.643 bits per heavy atom. The second-order valence-electron chi connectivity index (χ2n) is 12.2. The van der Waals surface area contributed by atoms with E-state index in [-0.39, 0.29) is 17.5 Å². The lowest BCUT2D eigenvalue weighted by Crippen LogP contribution is -2.21. The molecule has 0 aromatic heterocycles. The van der Waals surface area contributed by atoms with Crippen LogP contribution in [0.1, 0.15) is 121 Å². The molecular weight excluding hydrogens is 529 g/mol. The Labute approximate surface area is 251 Å². The molecule has 1 saturated heterocycles. The molecule has 4 rings (SSSR count). The van der Waals surface area contributed by atoms with Crippen LogP contribution < -0.4 is 0 Å². The van der Waals surface area contributed by atoms with Crippen LogP contribution in [0.5, 0.6) is 0 Å². The number of hydrogen-bond acceptors (Lipinski definition) is 1. The Kier molecular flexibility index (Phi) is 13.0. The van der Waals surface area contributed by atoms with Crippen LogP contribution in [-0.2, 0) is 11.2 Å². The van der Waals surface area contributed by atoms with Crippen molar-refractivity contribution in [2.45, 2.75) is 116 Å². The van der Waals surface area contributed by atoms with E-state index in [4.69, 9.17) is 4.74 Å². The van der Waals surface area contributed by atoms with Gasteiger partial charge in [-0.1, -0.05) is 127 Å². The summed E-state index contributed by atoms with van der Waals surface area (Å²) >= 11 is 0. The molecule has 0 N–H and O–H groups in total. The number of benzene rings is 3. The number of ether oxygens (including phenoxy) is 1. The van der Waals surface area contributed by atoms with E-state index in [1.54, 1.807) is 30.3 Å². The summed E-state index contributed by atoms with van der Waals surface area (Å²) in [5.74, 6) is -1.22. The van der Waals surface area contributed by atoms with Gasteiger partial charge in [0.2, 0.25) is 0 Å². The van der Waals surface area contributed by atoms with Crippen LogP contribution in [0, 0.1) is 23.4 Å². The van der Waals surface area contributed by atoms with Gasteiger partial charge in [0.15, 0.2) is 11.6 Å². The third-order valence-electron chi connectivity index (χ3n) is 8.92. The quantitative estimate of drug-likeness (QED) is 0.154. The topological polar surface area (TPSA) is 9.23 Å². The molecule has 0 saturated carbocycles. The molecule has 2 atom stereocenters. The molecule has 1 aliphatic rings. The molecule has 1 nitrogen and oxygen atoms in total. The van der Waals surface area contributed by atoms with Gasteiger partial charge in [0.1, 0.15) is 5.82 Å². The van der Waals surface area contributed by atoms with Gasteiger partial charge in [-0.2, -0.15) is 0 Å². The first-order valence-corrected chi connectivity index (χ1v) is 16.5. The van der Waals surface area contributed by atoms with Gasteiger partial charge in [0.05, 0.1) is 12.7 Å². The van der Waals surface area contributed by atoms with Gasteiger partial charge < -0.3 is 4.74 Å². The molecule has 2 unspecified atom stereocenters. The van der Waals surface area contributed by atoms with Gasteiger partial charge in [0.25, 0.3) is 0 Å². The first-order chi connectivity index (χ1) is 20.5. The highest BCUT2D eigenvalue weighted by Crippen LogP contribution is 2.36. The maximum Gasteiger partial charge on any atom is 0.166 e. The summed E-state index contributed by atoms with van der Waals surface area (Å²) in [7, 11) is 0. The van der Waals surface area contributed by atoms with Crippen molar-refractivity contribution in [3.8, 4) is 22.3 Å².